The molecule has 0 rings (SSSR count). The first-order chi connectivity index (χ1) is 6.68. The summed E-state index contributed by atoms with van der Waals surface area (Å²) >= 11 is 0. The van der Waals surface area contributed by atoms with Crippen molar-refractivity contribution in [2.45, 2.75) is 52.0 Å². The lowest BCUT2D eigenvalue weighted by atomic mass is 10.3. The molecule has 0 bridgehead atoms. The minimum Gasteiger partial charge on any atom is -0.444 e. The first-order valence-corrected chi connectivity index (χ1v) is 11.7. The van der Waals surface area contributed by atoms with Crippen LogP contribution in [0.4, 0.5) is 0 Å². The van der Waals surface area contributed by atoms with Gasteiger partial charge in [-0.05, 0) is 50.6 Å². The third kappa shape index (κ3) is 8.16. The molecule has 92 valence electrons. The van der Waals surface area contributed by atoms with Gasteiger partial charge in [0.2, 0.25) is 8.48 Å². The highest BCUT2D eigenvalue weighted by Crippen LogP contribution is 2.25. The molecule has 0 spiro atoms. The zero-order valence-corrected chi connectivity index (χ0v) is 13.0. The molecule has 15 heavy (non-hydrogen) atoms. The van der Waals surface area contributed by atoms with Crippen LogP contribution < -0.4 is 11.1 Å². The summed E-state index contributed by atoms with van der Waals surface area (Å²) in [5.74, 6) is 0.691. The fourth-order valence-electron chi connectivity index (χ4n) is 2.17. The quantitative estimate of drug-likeness (QED) is 0.679. The Morgan fingerprint density at radius 1 is 1.20 bits per heavy atom. The van der Waals surface area contributed by atoms with Gasteiger partial charge in [-0.1, -0.05) is 13.8 Å². The standard InChI is InChI=1S/C10H28N2OSi2/c1-10(2)9-15(5,8-6-7-11)13-14(3,4)12/h10H,6-9,11-12H2,1-5H3. The van der Waals surface area contributed by atoms with E-state index in [9.17, 15) is 0 Å². The zero-order chi connectivity index (χ0) is 12.1. The van der Waals surface area contributed by atoms with Crippen molar-refractivity contribution in [1.82, 2.24) is 0 Å². The van der Waals surface area contributed by atoms with Crippen molar-refractivity contribution in [2.75, 3.05) is 6.54 Å². The first kappa shape index (κ1) is 15.3. The molecule has 0 aliphatic rings. The summed E-state index contributed by atoms with van der Waals surface area (Å²) in [6.07, 6.45) is 1.07. The van der Waals surface area contributed by atoms with Crippen LogP contribution in [-0.4, -0.2) is 23.3 Å². The van der Waals surface area contributed by atoms with E-state index in [2.05, 4.69) is 33.5 Å². The predicted octanol–water partition coefficient (Wildman–Crippen LogP) is 2.24. The topological polar surface area (TPSA) is 61.3 Å². The van der Waals surface area contributed by atoms with Crippen molar-refractivity contribution in [3.63, 3.8) is 0 Å². The van der Waals surface area contributed by atoms with Crippen LogP contribution in [0.5, 0.6) is 0 Å². The van der Waals surface area contributed by atoms with Crippen LogP contribution in [0.15, 0.2) is 0 Å². The minimum atomic E-state index is -1.89. The molecule has 0 fully saturated rings. The van der Waals surface area contributed by atoms with Crippen LogP contribution in [0.3, 0.4) is 0 Å². The third-order valence-corrected chi connectivity index (χ3v) is 9.43. The molecule has 0 aromatic heterocycles. The molecule has 0 saturated heterocycles. The zero-order valence-electron chi connectivity index (χ0n) is 11.0. The van der Waals surface area contributed by atoms with E-state index in [1.54, 1.807) is 0 Å². The molecule has 1 atom stereocenters. The number of hydrogen-bond donors (Lipinski definition) is 2. The van der Waals surface area contributed by atoms with E-state index in [1.165, 1.54) is 6.04 Å². The summed E-state index contributed by atoms with van der Waals surface area (Å²) in [5, 5.41) is 6.09. The van der Waals surface area contributed by atoms with Crippen LogP contribution in [0.25, 0.3) is 0 Å². The maximum Gasteiger partial charge on any atom is 0.249 e. The molecule has 0 aromatic carbocycles. The summed E-state index contributed by atoms with van der Waals surface area (Å²) in [5.41, 5.74) is 5.58. The van der Waals surface area contributed by atoms with Gasteiger partial charge in [0.05, 0.1) is 0 Å². The maximum absolute atomic E-state index is 6.24. The average Bonchev–Trinajstić information content (AvgIpc) is 1.95. The van der Waals surface area contributed by atoms with Crippen LogP contribution in [0.1, 0.15) is 20.3 Å². The summed E-state index contributed by atoms with van der Waals surface area (Å²) in [6, 6.07) is 2.34. The fraction of sp³-hybridized carbons (Fsp3) is 1.00. The second-order valence-electron chi connectivity index (χ2n) is 5.65. The average molecular weight is 249 g/mol. The van der Waals surface area contributed by atoms with Crippen LogP contribution >= 0.6 is 0 Å². The molecule has 0 radical (unpaired) electrons. The van der Waals surface area contributed by atoms with Crippen molar-refractivity contribution >= 4 is 16.8 Å². The monoisotopic (exact) mass is 248 g/mol. The molecule has 0 amide bonds. The number of hydrogen-bond acceptors (Lipinski definition) is 3. The van der Waals surface area contributed by atoms with Gasteiger partial charge in [-0.25, -0.2) is 0 Å². The predicted molar refractivity (Wildman–Crippen MR) is 72.5 cm³/mol. The second kappa shape index (κ2) is 6.15. The van der Waals surface area contributed by atoms with Crippen LogP contribution in [0, 0.1) is 5.92 Å². The van der Waals surface area contributed by atoms with Crippen molar-refractivity contribution in [3.05, 3.63) is 0 Å². The lowest BCUT2D eigenvalue weighted by Gasteiger charge is -2.35. The summed E-state index contributed by atoms with van der Waals surface area (Å²) in [6.45, 7) is 11.7. The molecule has 1 unspecified atom stereocenters. The maximum atomic E-state index is 6.24. The second-order valence-corrected chi connectivity index (χ2v) is 13.5. The van der Waals surface area contributed by atoms with E-state index in [-0.39, 0.29) is 0 Å². The summed E-state index contributed by atoms with van der Waals surface area (Å²) < 4.78 is 6.24. The Balaban J connectivity index is 4.40. The molecule has 0 aromatic rings. The SMILES string of the molecule is CC(C)C[Si](C)(CCCN)O[Si](C)(C)N. The first-order valence-electron chi connectivity index (χ1n) is 5.88. The highest BCUT2D eigenvalue weighted by Gasteiger charge is 2.34. The van der Waals surface area contributed by atoms with Gasteiger partial charge in [-0.3, -0.25) is 0 Å². The lowest BCUT2D eigenvalue weighted by Crippen LogP contribution is -2.53. The van der Waals surface area contributed by atoms with Gasteiger partial charge in [0, 0.05) is 0 Å². The Morgan fingerprint density at radius 2 is 1.73 bits per heavy atom. The highest BCUT2D eigenvalue weighted by molar-refractivity contribution is 6.84. The minimum absolute atomic E-state index is 0.691. The van der Waals surface area contributed by atoms with Gasteiger partial charge in [-0.2, -0.15) is 0 Å². The lowest BCUT2D eigenvalue weighted by molar-refractivity contribution is 0.509. The normalized spacial score (nSPS) is 16.8. The fourth-order valence-corrected chi connectivity index (χ4v) is 10.9. The van der Waals surface area contributed by atoms with E-state index in [4.69, 9.17) is 15.2 Å². The van der Waals surface area contributed by atoms with Crippen molar-refractivity contribution in [2.24, 2.45) is 17.1 Å². The molecule has 5 heteroatoms. The summed E-state index contributed by atoms with van der Waals surface area (Å²) in [7, 11) is -3.50. The van der Waals surface area contributed by atoms with E-state index in [0.29, 0.717) is 5.92 Å². The Kier molecular flexibility index (Phi) is 6.28. The molecule has 0 saturated carbocycles. The van der Waals surface area contributed by atoms with Crippen molar-refractivity contribution in [1.29, 1.82) is 0 Å². The molecule has 4 N–H and O–H groups in total. The van der Waals surface area contributed by atoms with Gasteiger partial charge < -0.3 is 15.2 Å². The molecule has 0 aliphatic carbocycles. The Bertz CT molecular complexity index is 183. The van der Waals surface area contributed by atoms with Gasteiger partial charge >= 0.3 is 0 Å². The number of rotatable bonds is 7. The Morgan fingerprint density at radius 3 is 2.07 bits per heavy atom. The van der Waals surface area contributed by atoms with Crippen LogP contribution in [0.2, 0.25) is 31.7 Å². The molecular weight excluding hydrogens is 220 g/mol. The van der Waals surface area contributed by atoms with E-state index >= 15 is 0 Å². The van der Waals surface area contributed by atoms with Crippen LogP contribution in [-0.2, 0) is 4.12 Å². The highest BCUT2D eigenvalue weighted by atomic mass is 28.4. The van der Waals surface area contributed by atoms with E-state index in [0.717, 1.165) is 19.0 Å². The molecule has 0 aliphatic heterocycles. The summed E-state index contributed by atoms with van der Waals surface area (Å²) in [4.78, 5) is 0. The van der Waals surface area contributed by atoms with Gasteiger partial charge in [0.25, 0.3) is 0 Å². The van der Waals surface area contributed by atoms with Crippen molar-refractivity contribution < 1.29 is 4.12 Å². The van der Waals surface area contributed by atoms with Gasteiger partial charge in [-0.15, -0.1) is 0 Å². The third-order valence-electron chi connectivity index (χ3n) is 2.26. The van der Waals surface area contributed by atoms with Crippen molar-refractivity contribution in [3.8, 4) is 0 Å². The van der Waals surface area contributed by atoms with E-state index in [1.807, 2.05) is 0 Å². The molecular formula is C10H28N2OSi2. The smallest absolute Gasteiger partial charge is 0.249 e. The van der Waals surface area contributed by atoms with Gasteiger partial charge in [0.15, 0.2) is 8.32 Å². The Hall–Kier alpha value is 0.314. The van der Waals surface area contributed by atoms with Gasteiger partial charge in [0.1, 0.15) is 0 Å². The largest absolute Gasteiger partial charge is 0.444 e. The molecule has 0 heterocycles. The van der Waals surface area contributed by atoms with E-state index < -0.39 is 16.8 Å². The number of nitrogens with two attached hydrogens (primary N) is 2. The molecule has 3 nitrogen and oxygen atoms in total. The Labute approximate surface area is 96.9 Å².